The predicted molar refractivity (Wildman–Crippen MR) is 87.6 cm³/mol. The van der Waals surface area contributed by atoms with Crippen molar-refractivity contribution in [1.82, 2.24) is 10.2 Å². The Balaban J connectivity index is 1.79. The molecule has 4 heteroatoms. The summed E-state index contributed by atoms with van der Waals surface area (Å²) in [6, 6.07) is 16.8. The fourth-order valence-corrected chi connectivity index (χ4v) is 2.15. The number of nitrogens with zero attached hydrogens (tertiary/aromatic N) is 1. The van der Waals surface area contributed by atoms with Crippen LogP contribution in [0.1, 0.15) is 11.3 Å². The minimum atomic E-state index is 0.222. The molecule has 110 valence electrons. The number of hydrogen-bond acceptors (Lipinski definition) is 3. The summed E-state index contributed by atoms with van der Waals surface area (Å²) in [7, 11) is 1.65. The van der Waals surface area contributed by atoms with Crippen molar-refractivity contribution in [3.05, 3.63) is 65.9 Å². The average molecular weight is 292 g/mol. The molecule has 4 nitrogen and oxygen atoms in total. The molecule has 0 saturated heterocycles. The van der Waals surface area contributed by atoms with Crippen molar-refractivity contribution in [2.45, 2.75) is 0 Å². The highest BCUT2D eigenvalue weighted by atomic mass is 16.5. The van der Waals surface area contributed by atoms with Gasteiger partial charge in [0.2, 0.25) is 0 Å². The van der Waals surface area contributed by atoms with Crippen molar-refractivity contribution < 1.29 is 9.84 Å². The molecule has 0 spiro atoms. The summed E-state index contributed by atoms with van der Waals surface area (Å²) in [5.74, 6) is 1.06. The summed E-state index contributed by atoms with van der Waals surface area (Å²) in [5.41, 5.74) is 3.36. The number of phenolic OH excluding ortho intramolecular Hbond substituents is 1. The molecule has 3 aromatic rings. The summed E-state index contributed by atoms with van der Waals surface area (Å²) in [5, 5.41) is 17.0. The maximum atomic E-state index is 9.85. The number of rotatable bonds is 4. The maximum absolute atomic E-state index is 9.85. The molecular weight excluding hydrogens is 276 g/mol. The predicted octanol–water partition coefficient (Wildman–Crippen LogP) is 3.96. The lowest BCUT2D eigenvalue weighted by Crippen LogP contribution is -1.81. The van der Waals surface area contributed by atoms with Gasteiger partial charge in [0.15, 0.2) is 0 Å². The van der Waals surface area contributed by atoms with Crippen molar-refractivity contribution in [3.8, 4) is 22.8 Å². The zero-order chi connectivity index (χ0) is 15.4. The third-order valence-electron chi connectivity index (χ3n) is 3.35. The van der Waals surface area contributed by atoms with Crippen LogP contribution < -0.4 is 4.74 Å². The topological polar surface area (TPSA) is 58.1 Å². The third kappa shape index (κ3) is 3.01. The Morgan fingerprint density at radius 2 is 1.82 bits per heavy atom. The fourth-order valence-electron chi connectivity index (χ4n) is 2.15. The van der Waals surface area contributed by atoms with E-state index < -0.39 is 0 Å². The molecule has 2 N–H and O–H groups in total. The highest BCUT2D eigenvalue weighted by Crippen LogP contribution is 2.27. The van der Waals surface area contributed by atoms with E-state index in [2.05, 4.69) is 10.2 Å². The Hall–Kier alpha value is -3.01. The van der Waals surface area contributed by atoms with E-state index in [1.165, 1.54) is 0 Å². The minimum Gasteiger partial charge on any atom is -0.507 e. The quantitative estimate of drug-likeness (QED) is 0.765. The smallest absolute Gasteiger partial charge is 0.125 e. The highest BCUT2D eigenvalue weighted by molar-refractivity contribution is 5.73. The van der Waals surface area contributed by atoms with Crippen LogP contribution in [0.15, 0.2) is 54.6 Å². The first-order valence-corrected chi connectivity index (χ1v) is 6.92. The first-order chi connectivity index (χ1) is 10.8. The SMILES string of the molecule is COc1ccc(/C=C/c2cc(-c3ccccc3O)n[nH]2)cc1. The second kappa shape index (κ2) is 6.18. The fraction of sp³-hybridized carbons (Fsp3) is 0.0556. The van der Waals surface area contributed by atoms with E-state index in [1.54, 1.807) is 19.2 Å². The number of nitrogens with one attached hydrogen (secondary N) is 1. The molecular formula is C18H16N2O2. The zero-order valence-corrected chi connectivity index (χ0v) is 12.2. The Morgan fingerprint density at radius 1 is 1.05 bits per heavy atom. The lowest BCUT2D eigenvalue weighted by atomic mass is 10.1. The molecule has 0 unspecified atom stereocenters. The van der Waals surface area contributed by atoms with E-state index >= 15 is 0 Å². The number of ether oxygens (including phenoxy) is 1. The van der Waals surface area contributed by atoms with Gasteiger partial charge in [0.1, 0.15) is 11.5 Å². The van der Waals surface area contributed by atoms with Crippen molar-refractivity contribution in [3.63, 3.8) is 0 Å². The van der Waals surface area contributed by atoms with Crippen molar-refractivity contribution in [2.24, 2.45) is 0 Å². The van der Waals surface area contributed by atoms with E-state index in [4.69, 9.17) is 4.74 Å². The van der Waals surface area contributed by atoms with E-state index in [1.807, 2.05) is 54.6 Å². The first-order valence-electron chi connectivity index (χ1n) is 6.92. The van der Waals surface area contributed by atoms with Gasteiger partial charge in [0, 0.05) is 5.56 Å². The van der Waals surface area contributed by atoms with Gasteiger partial charge in [-0.15, -0.1) is 0 Å². The normalized spacial score (nSPS) is 11.0. The number of benzene rings is 2. The number of H-pyrrole nitrogens is 1. The van der Waals surface area contributed by atoms with Gasteiger partial charge in [-0.1, -0.05) is 30.3 Å². The highest BCUT2D eigenvalue weighted by Gasteiger charge is 2.06. The second-order valence-electron chi connectivity index (χ2n) is 4.83. The van der Waals surface area contributed by atoms with Gasteiger partial charge in [0.25, 0.3) is 0 Å². The van der Waals surface area contributed by atoms with E-state index in [0.717, 1.165) is 17.0 Å². The van der Waals surface area contributed by atoms with Crippen molar-refractivity contribution in [2.75, 3.05) is 7.11 Å². The van der Waals surface area contributed by atoms with Crippen LogP contribution in [0.3, 0.4) is 0 Å². The average Bonchev–Trinajstić information content (AvgIpc) is 3.02. The molecule has 0 bridgehead atoms. The third-order valence-corrected chi connectivity index (χ3v) is 3.35. The van der Waals surface area contributed by atoms with Gasteiger partial charge in [-0.3, -0.25) is 5.10 Å². The number of hydrogen-bond donors (Lipinski definition) is 2. The summed E-state index contributed by atoms with van der Waals surface area (Å²) in [6.07, 6.45) is 3.93. The monoisotopic (exact) mass is 292 g/mol. The molecule has 1 heterocycles. The minimum absolute atomic E-state index is 0.222. The summed E-state index contributed by atoms with van der Waals surface area (Å²) in [6.45, 7) is 0. The van der Waals surface area contributed by atoms with Crippen LogP contribution in [0.5, 0.6) is 11.5 Å². The van der Waals surface area contributed by atoms with Crippen LogP contribution in [-0.4, -0.2) is 22.4 Å². The van der Waals surface area contributed by atoms with Crippen LogP contribution in [-0.2, 0) is 0 Å². The Morgan fingerprint density at radius 3 is 2.55 bits per heavy atom. The second-order valence-corrected chi connectivity index (χ2v) is 4.83. The van der Waals surface area contributed by atoms with Gasteiger partial charge in [-0.2, -0.15) is 5.10 Å². The molecule has 3 rings (SSSR count). The number of phenols is 1. The molecule has 0 atom stereocenters. The zero-order valence-electron chi connectivity index (χ0n) is 12.2. The number of para-hydroxylation sites is 1. The molecule has 1 aromatic heterocycles. The summed E-state index contributed by atoms with van der Waals surface area (Å²) >= 11 is 0. The van der Waals surface area contributed by atoms with Crippen LogP contribution in [0, 0.1) is 0 Å². The molecule has 0 amide bonds. The van der Waals surface area contributed by atoms with Gasteiger partial charge in [-0.05, 0) is 42.0 Å². The lowest BCUT2D eigenvalue weighted by molar-refractivity contribution is 0.415. The maximum Gasteiger partial charge on any atom is 0.125 e. The molecule has 0 radical (unpaired) electrons. The van der Waals surface area contributed by atoms with Gasteiger partial charge < -0.3 is 9.84 Å². The standard InChI is InChI=1S/C18H16N2O2/c1-22-15-10-7-13(8-11-15)6-9-14-12-17(20-19-14)16-4-2-3-5-18(16)21/h2-12,21H,1H3,(H,19,20)/b9-6+. The Bertz CT molecular complexity index is 789. The number of aromatic nitrogens is 2. The molecule has 22 heavy (non-hydrogen) atoms. The molecule has 2 aromatic carbocycles. The number of aromatic hydroxyl groups is 1. The molecule has 0 aliphatic rings. The number of methoxy groups -OCH3 is 1. The summed E-state index contributed by atoms with van der Waals surface area (Å²) < 4.78 is 5.13. The van der Waals surface area contributed by atoms with Crippen LogP contribution in [0.2, 0.25) is 0 Å². The lowest BCUT2D eigenvalue weighted by Gasteiger charge is -1.98. The van der Waals surface area contributed by atoms with Gasteiger partial charge in [-0.25, -0.2) is 0 Å². The van der Waals surface area contributed by atoms with E-state index in [-0.39, 0.29) is 5.75 Å². The van der Waals surface area contributed by atoms with Gasteiger partial charge in [0.05, 0.1) is 18.5 Å². The Kier molecular flexibility index (Phi) is 3.92. The van der Waals surface area contributed by atoms with Crippen LogP contribution in [0.4, 0.5) is 0 Å². The molecule has 0 fully saturated rings. The molecule has 0 aliphatic carbocycles. The molecule has 0 aliphatic heterocycles. The van der Waals surface area contributed by atoms with Crippen LogP contribution in [0.25, 0.3) is 23.4 Å². The molecule has 0 saturated carbocycles. The van der Waals surface area contributed by atoms with E-state index in [0.29, 0.717) is 11.3 Å². The first kappa shape index (κ1) is 13.9. The van der Waals surface area contributed by atoms with Gasteiger partial charge >= 0.3 is 0 Å². The van der Waals surface area contributed by atoms with Crippen LogP contribution >= 0.6 is 0 Å². The summed E-state index contributed by atoms with van der Waals surface area (Å²) in [4.78, 5) is 0. The largest absolute Gasteiger partial charge is 0.507 e. The number of aromatic amines is 1. The van der Waals surface area contributed by atoms with E-state index in [9.17, 15) is 5.11 Å². The van der Waals surface area contributed by atoms with Crippen molar-refractivity contribution in [1.29, 1.82) is 0 Å². The Labute approximate surface area is 128 Å². The van der Waals surface area contributed by atoms with Crippen molar-refractivity contribution >= 4 is 12.2 Å².